The topological polar surface area (TPSA) is 139 Å². The summed E-state index contributed by atoms with van der Waals surface area (Å²) < 4.78 is 8.94. The zero-order valence-electron chi connectivity index (χ0n) is 23.0. The third-order valence-corrected chi connectivity index (χ3v) is 7.61. The van der Waals surface area contributed by atoms with Gasteiger partial charge in [0.25, 0.3) is 5.91 Å². The van der Waals surface area contributed by atoms with Crippen LogP contribution in [0.3, 0.4) is 0 Å². The number of ether oxygens (including phenoxy) is 1. The van der Waals surface area contributed by atoms with Crippen LogP contribution in [0.25, 0.3) is 34.1 Å². The van der Waals surface area contributed by atoms with Gasteiger partial charge in [-0.15, -0.1) is 0 Å². The van der Waals surface area contributed by atoms with Crippen LogP contribution in [0.1, 0.15) is 39.5 Å². The SMILES string of the molecule is COc1cc(C(=O)N[C@H]2CCc3cc(-n4c(-c5cccnc5N)nc5ccc(-n6cccn6)nc54)ccc32)c(C)cn1. The molecule has 11 heteroatoms. The Balaban J connectivity index is 1.29. The van der Waals surface area contributed by atoms with E-state index in [0.29, 0.717) is 40.1 Å². The second-order valence-electron chi connectivity index (χ2n) is 10.2. The molecule has 42 heavy (non-hydrogen) atoms. The molecule has 1 amide bonds. The van der Waals surface area contributed by atoms with E-state index < -0.39 is 0 Å². The van der Waals surface area contributed by atoms with Gasteiger partial charge in [-0.2, -0.15) is 5.10 Å². The number of methoxy groups -OCH3 is 1. The Hall–Kier alpha value is -5.58. The number of benzene rings is 1. The lowest BCUT2D eigenvalue weighted by Crippen LogP contribution is -2.27. The second kappa shape index (κ2) is 10.1. The molecular weight excluding hydrogens is 530 g/mol. The minimum absolute atomic E-state index is 0.113. The van der Waals surface area contributed by atoms with Crippen molar-refractivity contribution in [3.05, 3.63) is 102 Å². The van der Waals surface area contributed by atoms with Crippen LogP contribution in [0.15, 0.2) is 79.4 Å². The first kappa shape index (κ1) is 25.4. The van der Waals surface area contributed by atoms with E-state index in [-0.39, 0.29) is 11.9 Å². The molecule has 3 N–H and O–H groups in total. The highest BCUT2D eigenvalue weighted by atomic mass is 16.5. The van der Waals surface area contributed by atoms with E-state index in [0.717, 1.165) is 40.7 Å². The summed E-state index contributed by atoms with van der Waals surface area (Å²) in [7, 11) is 1.54. The average molecular weight is 558 g/mol. The zero-order valence-corrected chi connectivity index (χ0v) is 23.0. The first-order valence-electron chi connectivity index (χ1n) is 13.5. The number of nitrogen functional groups attached to an aromatic ring is 1. The summed E-state index contributed by atoms with van der Waals surface area (Å²) >= 11 is 0. The number of rotatable bonds is 6. The molecule has 7 rings (SSSR count). The predicted molar refractivity (Wildman–Crippen MR) is 158 cm³/mol. The van der Waals surface area contributed by atoms with Crippen LogP contribution in [-0.2, 0) is 6.42 Å². The van der Waals surface area contributed by atoms with Crippen molar-refractivity contribution in [2.24, 2.45) is 0 Å². The van der Waals surface area contributed by atoms with Gasteiger partial charge in [-0.25, -0.2) is 24.6 Å². The zero-order chi connectivity index (χ0) is 28.8. The van der Waals surface area contributed by atoms with Crippen LogP contribution in [0.5, 0.6) is 5.88 Å². The summed E-state index contributed by atoms with van der Waals surface area (Å²) in [6.07, 6.45) is 8.48. The number of carbonyl (C=O) groups excluding carboxylic acids is 1. The number of anilines is 1. The number of hydrogen-bond donors (Lipinski definition) is 2. The van der Waals surface area contributed by atoms with Crippen molar-refractivity contribution >= 4 is 22.9 Å². The summed E-state index contributed by atoms with van der Waals surface area (Å²) in [5, 5.41) is 7.55. The largest absolute Gasteiger partial charge is 0.481 e. The van der Waals surface area contributed by atoms with Gasteiger partial charge in [0.05, 0.1) is 18.7 Å². The number of carbonyl (C=O) groups is 1. The summed E-state index contributed by atoms with van der Waals surface area (Å²) in [4.78, 5) is 31.6. The van der Waals surface area contributed by atoms with Gasteiger partial charge in [-0.3, -0.25) is 9.36 Å². The smallest absolute Gasteiger partial charge is 0.252 e. The van der Waals surface area contributed by atoms with E-state index in [1.165, 1.54) is 7.11 Å². The molecule has 1 aliphatic carbocycles. The van der Waals surface area contributed by atoms with Crippen LogP contribution in [0, 0.1) is 6.92 Å². The summed E-state index contributed by atoms with van der Waals surface area (Å²) in [5.41, 5.74) is 12.9. The molecule has 0 spiro atoms. The van der Waals surface area contributed by atoms with E-state index in [4.69, 9.17) is 20.4 Å². The summed E-state index contributed by atoms with van der Waals surface area (Å²) in [5.74, 6) is 1.95. The Morgan fingerprint density at radius 1 is 1.07 bits per heavy atom. The summed E-state index contributed by atoms with van der Waals surface area (Å²) in [6, 6.07) is 17.2. The first-order chi connectivity index (χ1) is 20.5. The van der Waals surface area contributed by atoms with Crippen molar-refractivity contribution in [1.29, 1.82) is 0 Å². The minimum atomic E-state index is -0.152. The minimum Gasteiger partial charge on any atom is -0.481 e. The Morgan fingerprint density at radius 3 is 2.79 bits per heavy atom. The molecule has 208 valence electrons. The standard InChI is InChI=1S/C31H27N9O2/c1-18-17-34-27(42-2)16-23(18)31(41)37-24-9-6-19-15-20(7-8-21(19)24)40-29(22-5-3-12-33-28(22)32)36-25-10-11-26(38-30(25)40)39-14-4-13-35-39/h3-5,7-8,10-17,24H,6,9H2,1-2H3,(H2,32,33)(H,37,41)/t24-/m0/s1. The van der Waals surface area contributed by atoms with Gasteiger partial charge in [0.1, 0.15) is 11.3 Å². The molecule has 0 fully saturated rings. The van der Waals surface area contributed by atoms with Crippen molar-refractivity contribution < 1.29 is 9.53 Å². The van der Waals surface area contributed by atoms with Crippen LogP contribution in [0.4, 0.5) is 5.82 Å². The van der Waals surface area contributed by atoms with Gasteiger partial charge in [0, 0.05) is 42.1 Å². The van der Waals surface area contributed by atoms with E-state index in [1.807, 2.05) is 54.1 Å². The number of nitrogens with two attached hydrogens (primary N) is 1. The molecule has 0 saturated carbocycles. The predicted octanol–water partition coefficient (Wildman–Crippen LogP) is 4.38. The third kappa shape index (κ3) is 4.31. The lowest BCUT2D eigenvalue weighted by molar-refractivity contribution is 0.0935. The normalized spacial score (nSPS) is 14.2. The Kier molecular flexibility index (Phi) is 6.11. The molecule has 6 aromatic rings. The van der Waals surface area contributed by atoms with Gasteiger partial charge in [0.15, 0.2) is 17.3 Å². The number of imidazole rings is 1. The van der Waals surface area contributed by atoms with Crippen LogP contribution in [0.2, 0.25) is 0 Å². The van der Waals surface area contributed by atoms with Gasteiger partial charge in [-0.05, 0) is 78.9 Å². The number of hydrogen-bond acceptors (Lipinski definition) is 8. The molecular formula is C31H27N9O2. The van der Waals surface area contributed by atoms with Gasteiger partial charge in [0.2, 0.25) is 5.88 Å². The van der Waals surface area contributed by atoms with Crippen molar-refractivity contribution in [3.63, 3.8) is 0 Å². The number of pyridine rings is 3. The highest BCUT2D eigenvalue weighted by molar-refractivity contribution is 5.96. The molecule has 1 aliphatic rings. The Bertz CT molecular complexity index is 1960. The highest BCUT2D eigenvalue weighted by Gasteiger charge is 2.27. The first-order valence-corrected chi connectivity index (χ1v) is 13.5. The quantitative estimate of drug-likeness (QED) is 0.308. The molecule has 0 saturated heterocycles. The second-order valence-corrected chi connectivity index (χ2v) is 10.2. The van der Waals surface area contributed by atoms with Gasteiger partial charge >= 0.3 is 0 Å². The monoisotopic (exact) mass is 557 g/mol. The van der Waals surface area contributed by atoms with E-state index >= 15 is 0 Å². The molecule has 0 aliphatic heterocycles. The molecule has 1 aromatic carbocycles. The van der Waals surface area contributed by atoms with Crippen molar-refractivity contribution in [3.8, 4) is 28.8 Å². The molecule has 0 bridgehead atoms. The van der Waals surface area contributed by atoms with E-state index in [2.05, 4.69) is 32.5 Å². The van der Waals surface area contributed by atoms with E-state index in [1.54, 1.807) is 29.3 Å². The maximum absolute atomic E-state index is 13.2. The lowest BCUT2D eigenvalue weighted by atomic mass is 10.1. The van der Waals surface area contributed by atoms with Crippen molar-refractivity contribution in [2.75, 3.05) is 12.8 Å². The Labute approximate surface area is 241 Å². The number of aryl methyl sites for hydroxylation is 2. The Morgan fingerprint density at radius 2 is 1.98 bits per heavy atom. The van der Waals surface area contributed by atoms with Crippen LogP contribution >= 0.6 is 0 Å². The number of nitrogens with one attached hydrogen (secondary N) is 1. The molecule has 5 aromatic heterocycles. The number of nitrogens with zero attached hydrogens (tertiary/aromatic N) is 7. The number of fused-ring (bicyclic) bond motifs is 2. The lowest BCUT2D eigenvalue weighted by Gasteiger charge is -2.16. The third-order valence-electron chi connectivity index (χ3n) is 7.61. The van der Waals surface area contributed by atoms with Gasteiger partial charge in [-0.1, -0.05) is 6.07 Å². The molecule has 11 nitrogen and oxygen atoms in total. The molecule has 1 atom stereocenters. The van der Waals surface area contributed by atoms with E-state index in [9.17, 15) is 4.79 Å². The van der Waals surface area contributed by atoms with Crippen LogP contribution in [-0.4, -0.2) is 47.3 Å². The number of aromatic nitrogens is 7. The molecule has 5 heterocycles. The molecule has 0 radical (unpaired) electrons. The highest BCUT2D eigenvalue weighted by Crippen LogP contribution is 2.36. The fraction of sp³-hybridized carbons (Fsp3) is 0.161. The van der Waals surface area contributed by atoms with Crippen molar-refractivity contribution in [1.82, 2.24) is 39.6 Å². The maximum atomic E-state index is 13.2. The van der Waals surface area contributed by atoms with Crippen LogP contribution < -0.4 is 15.8 Å². The molecule has 0 unspecified atom stereocenters. The average Bonchev–Trinajstić information content (AvgIpc) is 3.76. The fourth-order valence-corrected chi connectivity index (χ4v) is 5.50. The van der Waals surface area contributed by atoms with Gasteiger partial charge < -0.3 is 15.8 Å². The fourth-order valence-electron chi connectivity index (χ4n) is 5.50. The number of amides is 1. The van der Waals surface area contributed by atoms with Crippen molar-refractivity contribution in [2.45, 2.75) is 25.8 Å². The maximum Gasteiger partial charge on any atom is 0.252 e. The summed E-state index contributed by atoms with van der Waals surface area (Å²) in [6.45, 7) is 1.87.